The molecular weight excluding hydrogens is 326 g/mol. The summed E-state index contributed by atoms with van der Waals surface area (Å²) < 4.78 is 5.52. The smallest absolute Gasteiger partial charge is 0.230 e. The van der Waals surface area contributed by atoms with Gasteiger partial charge in [-0.25, -0.2) is 0 Å². The van der Waals surface area contributed by atoms with Crippen molar-refractivity contribution in [3.05, 3.63) is 35.5 Å². The lowest BCUT2D eigenvalue weighted by Gasteiger charge is -2.40. The van der Waals surface area contributed by atoms with Crippen LogP contribution in [-0.2, 0) is 11.2 Å². The van der Waals surface area contributed by atoms with Crippen LogP contribution in [0.4, 0.5) is 0 Å². The third-order valence-corrected chi connectivity index (χ3v) is 5.94. The van der Waals surface area contributed by atoms with Crippen molar-refractivity contribution in [2.24, 2.45) is 5.92 Å². The zero-order valence-corrected chi connectivity index (χ0v) is 16.0. The highest BCUT2D eigenvalue weighted by molar-refractivity contribution is 6.00. The van der Waals surface area contributed by atoms with Crippen molar-refractivity contribution >= 4 is 22.4 Å². The molecule has 0 saturated carbocycles. The lowest BCUT2D eigenvalue weighted by Crippen LogP contribution is -2.47. The molecule has 1 N–H and O–H groups in total. The fourth-order valence-electron chi connectivity index (χ4n) is 4.54. The van der Waals surface area contributed by atoms with Crippen LogP contribution in [-0.4, -0.2) is 60.5 Å². The van der Waals surface area contributed by atoms with Gasteiger partial charge in [0.25, 0.3) is 0 Å². The van der Waals surface area contributed by atoms with Gasteiger partial charge >= 0.3 is 0 Å². The quantitative estimate of drug-likeness (QED) is 0.919. The number of carbonyl (C=O) groups excluding carboxylic acids is 1. The van der Waals surface area contributed by atoms with Crippen LogP contribution in [0.2, 0.25) is 0 Å². The van der Waals surface area contributed by atoms with E-state index in [1.54, 1.807) is 7.11 Å². The summed E-state index contributed by atoms with van der Waals surface area (Å²) in [4.78, 5) is 20.6. The molecule has 26 heavy (non-hydrogen) atoms. The molecule has 2 unspecified atom stereocenters. The molecule has 1 aliphatic heterocycles. The van der Waals surface area contributed by atoms with E-state index in [0.29, 0.717) is 6.04 Å². The molecule has 5 heteroatoms. The van der Waals surface area contributed by atoms with Gasteiger partial charge in [-0.2, -0.15) is 0 Å². The maximum absolute atomic E-state index is 13.0. The zero-order chi connectivity index (χ0) is 18.4. The summed E-state index contributed by atoms with van der Waals surface area (Å²) in [7, 11) is 3.83. The van der Waals surface area contributed by atoms with Gasteiger partial charge in [0, 0.05) is 48.8 Å². The Labute approximate surface area is 154 Å². The van der Waals surface area contributed by atoms with Crippen molar-refractivity contribution in [3.8, 4) is 5.75 Å². The largest absolute Gasteiger partial charge is 0.497 e. The van der Waals surface area contributed by atoms with Gasteiger partial charge in [-0.1, -0.05) is 6.08 Å². The van der Waals surface area contributed by atoms with Gasteiger partial charge in [0.2, 0.25) is 5.91 Å². The molecule has 4 rings (SSSR count). The molecule has 2 aliphatic rings. The third-order valence-electron chi connectivity index (χ3n) is 5.94. The number of carbonyl (C=O) groups is 1. The minimum absolute atomic E-state index is 0.0899. The van der Waals surface area contributed by atoms with E-state index in [-0.39, 0.29) is 11.8 Å². The molecule has 5 nitrogen and oxygen atoms in total. The predicted molar refractivity (Wildman–Crippen MR) is 104 cm³/mol. The lowest BCUT2D eigenvalue weighted by molar-refractivity contribution is -0.134. The van der Waals surface area contributed by atoms with Gasteiger partial charge in [-0.15, -0.1) is 0 Å². The Morgan fingerprint density at radius 3 is 2.81 bits per heavy atom. The number of likely N-dealkylation sites (N-methyl/N-ethyl adjacent to an activating group) is 1. The second-order valence-electron chi connectivity index (χ2n) is 7.31. The van der Waals surface area contributed by atoms with Crippen LogP contribution in [0.15, 0.2) is 24.4 Å². The van der Waals surface area contributed by atoms with Crippen LogP contribution >= 0.6 is 0 Å². The highest BCUT2D eigenvalue weighted by Crippen LogP contribution is 2.42. The van der Waals surface area contributed by atoms with Crippen molar-refractivity contribution in [1.29, 1.82) is 0 Å². The molecule has 2 atom stereocenters. The van der Waals surface area contributed by atoms with Crippen LogP contribution in [0.25, 0.3) is 16.5 Å². The van der Waals surface area contributed by atoms with Crippen LogP contribution in [0.5, 0.6) is 5.75 Å². The molecular formula is C21H27N3O2. The van der Waals surface area contributed by atoms with Crippen LogP contribution in [0.1, 0.15) is 25.0 Å². The van der Waals surface area contributed by atoms with E-state index < -0.39 is 0 Å². The first-order valence-electron chi connectivity index (χ1n) is 9.46. The summed E-state index contributed by atoms with van der Waals surface area (Å²) in [6.45, 7) is 6.38. The first kappa shape index (κ1) is 17.2. The van der Waals surface area contributed by atoms with Gasteiger partial charge in [0.15, 0.2) is 0 Å². The molecule has 0 fully saturated rings. The van der Waals surface area contributed by atoms with E-state index in [0.717, 1.165) is 37.3 Å². The Hall–Kier alpha value is -2.27. The standard InChI is InChI=1S/C21H27N3O2/c1-5-24(6-2)21(25)14-7-16-17-9-15(26-4)10-18-20(17)13(11-22-18)8-19(16)23(3)12-14/h7,9-11,14,19,22H,5-6,8,12H2,1-4H3. The van der Waals surface area contributed by atoms with Crippen molar-refractivity contribution in [3.63, 3.8) is 0 Å². The van der Waals surface area contributed by atoms with Gasteiger partial charge in [-0.05, 0) is 50.1 Å². The first-order valence-corrected chi connectivity index (χ1v) is 9.46. The molecule has 2 aromatic rings. The van der Waals surface area contributed by atoms with E-state index in [1.807, 2.05) is 24.8 Å². The number of ether oxygens (including phenoxy) is 1. The number of methoxy groups -OCH3 is 1. The molecule has 0 bridgehead atoms. The number of fused-ring (bicyclic) bond motifs is 2. The van der Waals surface area contributed by atoms with E-state index >= 15 is 0 Å². The SMILES string of the molecule is CCN(CC)C(=O)C1C=C2c3cc(OC)cc4[nH]cc(c34)CC2N(C)C1. The number of aromatic amines is 1. The molecule has 1 aromatic heterocycles. The van der Waals surface area contributed by atoms with Crippen molar-refractivity contribution < 1.29 is 9.53 Å². The van der Waals surface area contributed by atoms with E-state index in [1.165, 1.54) is 22.1 Å². The van der Waals surface area contributed by atoms with Crippen LogP contribution in [0.3, 0.4) is 0 Å². The van der Waals surface area contributed by atoms with Crippen LogP contribution < -0.4 is 4.74 Å². The number of hydrogen-bond acceptors (Lipinski definition) is 3. The molecule has 2 heterocycles. The number of rotatable bonds is 4. The average Bonchev–Trinajstić information content (AvgIpc) is 3.06. The Morgan fingerprint density at radius 1 is 1.35 bits per heavy atom. The van der Waals surface area contributed by atoms with E-state index in [9.17, 15) is 4.79 Å². The molecule has 1 aliphatic carbocycles. The van der Waals surface area contributed by atoms with E-state index in [2.05, 4.69) is 35.3 Å². The minimum Gasteiger partial charge on any atom is -0.497 e. The number of aromatic nitrogens is 1. The Bertz CT molecular complexity index is 879. The average molecular weight is 353 g/mol. The maximum atomic E-state index is 13.0. The highest BCUT2D eigenvalue weighted by atomic mass is 16.5. The summed E-state index contributed by atoms with van der Waals surface area (Å²) in [5.41, 5.74) is 4.92. The summed E-state index contributed by atoms with van der Waals surface area (Å²) in [6, 6.07) is 4.48. The summed E-state index contributed by atoms with van der Waals surface area (Å²) in [5.74, 6) is 0.988. The molecule has 0 spiro atoms. The van der Waals surface area contributed by atoms with Crippen LogP contribution in [0, 0.1) is 5.92 Å². The Kier molecular flexibility index (Phi) is 4.27. The summed E-state index contributed by atoms with van der Waals surface area (Å²) in [6.07, 6.45) is 5.31. The summed E-state index contributed by atoms with van der Waals surface area (Å²) in [5, 5.41) is 1.28. The normalized spacial score (nSPS) is 22.1. The van der Waals surface area contributed by atoms with Gasteiger partial charge in [0.1, 0.15) is 5.75 Å². The summed E-state index contributed by atoms with van der Waals surface area (Å²) >= 11 is 0. The van der Waals surface area contributed by atoms with Gasteiger partial charge in [-0.3, -0.25) is 9.69 Å². The molecule has 0 saturated heterocycles. The second kappa shape index (κ2) is 6.47. The lowest BCUT2D eigenvalue weighted by atomic mass is 9.79. The number of amides is 1. The second-order valence-corrected chi connectivity index (χ2v) is 7.31. The molecule has 1 aromatic carbocycles. The van der Waals surface area contributed by atoms with Crippen molar-refractivity contribution in [2.75, 3.05) is 33.8 Å². The first-order chi connectivity index (χ1) is 12.6. The maximum Gasteiger partial charge on any atom is 0.230 e. The number of nitrogens with one attached hydrogen (secondary N) is 1. The Balaban J connectivity index is 1.84. The molecule has 1 amide bonds. The minimum atomic E-state index is -0.0899. The number of nitrogens with zero attached hydrogens (tertiary/aromatic N) is 2. The van der Waals surface area contributed by atoms with Gasteiger partial charge < -0.3 is 14.6 Å². The number of H-pyrrole nitrogens is 1. The number of hydrogen-bond donors (Lipinski definition) is 1. The monoisotopic (exact) mass is 353 g/mol. The molecule has 0 radical (unpaired) electrons. The topological polar surface area (TPSA) is 48.6 Å². The fourth-order valence-corrected chi connectivity index (χ4v) is 4.54. The van der Waals surface area contributed by atoms with E-state index in [4.69, 9.17) is 4.74 Å². The zero-order valence-electron chi connectivity index (χ0n) is 16.0. The third kappa shape index (κ3) is 2.53. The highest BCUT2D eigenvalue weighted by Gasteiger charge is 2.36. The fraction of sp³-hybridized carbons (Fsp3) is 0.476. The van der Waals surface area contributed by atoms with Crippen molar-refractivity contribution in [2.45, 2.75) is 26.3 Å². The predicted octanol–water partition coefficient (Wildman–Crippen LogP) is 2.91. The van der Waals surface area contributed by atoms with Crippen molar-refractivity contribution in [1.82, 2.24) is 14.8 Å². The molecule has 138 valence electrons. The Morgan fingerprint density at radius 2 is 2.12 bits per heavy atom. The number of benzene rings is 1. The van der Waals surface area contributed by atoms with Gasteiger partial charge in [0.05, 0.1) is 13.0 Å².